The lowest BCUT2D eigenvalue weighted by molar-refractivity contribution is 0.256. The zero-order valence-corrected chi connectivity index (χ0v) is 11.0. The molecule has 0 saturated heterocycles. The topological polar surface area (TPSA) is 24.9 Å². The van der Waals surface area contributed by atoms with Crippen molar-refractivity contribution in [1.29, 1.82) is 0 Å². The molecule has 0 radical (unpaired) electrons. The van der Waals surface area contributed by atoms with Crippen LogP contribution in [0.15, 0.2) is 18.3 Å². The molecular weight excluding hydrogens is 232 g/mol. The van der Waals surface area contributed by atoms with Gasteiger partial charge in [0, 0.05) is 6.20 Å². The van der Waals surface area contributed by atoms with Gasteiger partial charge in [-0.2, -0.15) is 0 Å². The molecule has 1 N–H and O–H groups in total. The van der Waals surface area contributed by atoms with Gasteiger partial charge in [0.2, 0.25) is 0 Å². The molecule has 2 aliphatic rings. The van der Waals surface area contributed by atoms with Gasteiger partial charge in [-0.05, 0) is 56.2 Å². The van der Waals surface area contributed by atoms with Crippen LogP contribution >= 0.6 is 11.6 Å². The number of hydrogen-bond donors (Lipinski definition) is 1. The molecule has 0 aliphatic heterocycles. The number of rotatable bonds is 3. The summed E-state index contributed by atoms with van der Waals surface area (Å²) in [4.78, 5) is 4.48. The van der Waals surface area contributed by atoms with Crippen LogP contribution in [-0.2, 0) is 0 Å². The minimum Gasteiger partial charge on any atom is -0.311 e. The fourth-order valence-corrected chi connectivity index (χ4v) is 3.97. The minimum absolute atomic E-state index is 0.405. The highest BCUT2D eigenvalue weighted by molar-refractivity contribution is 6.30. The number of nitrogens with zero attached hydrogens (tertiary/aromatic N) is 1. The van der Waals surface area contributed by atoms with Gasteiger partial charge in [0.1, 0.15) is 0 Å². The van der Waals surface area contributed by atoms with Crippen molar-refractivity contribution in [3.05, 3.63) is 29.0 Å². The number of nitrogens with one attached hydrogen (secondary N) is 1. The Bertz CT molecular complexity index is 390. The third-order valence-electron chi connectivity index (χ3n) is 4.60. The van der Waals surface area contributed by atoms with E-state index in [0.29, 0.717) is 6.04 Å². The molecule has 3 rings (SSSR count). The van der Waals surface area contributed by atoms with E-state index in [0.717, 1.165) is 28.5 Å². The molecule has 4 unspecified atom stereocenters. The summed E-state index contributed by atoms with van der Waals surface area (Å²) >= 11 is 5.90. The average Bonchev–Trinajstić information content (AvgIpc) is 2.95. The minimum atomic E-state index is 0.405. The van der Waals surface area contributed by atoms with Crippen LogP contribution in [0.5, 0.6) is 0 Å². The molecule has 3 heteroatoms. The van der Waals surface area contributed by atoms with E-state index in [4.69, 9.17) is 11.6 Å². The highest BCUT2D eigenvalue weighted by Gasteiger charge is 2.43. The van der Waals surface area contributed by atoms with E-state index >= 15 is 0 Å². The Morgan fingerprint density at radius 2 is 2.24 bits per heavy atom. The fraction of sp³-hybridized carbons (Fsp3) is 0.643. The first-order valence-electron chi connectivity index (χ1n) is 6.56. The molecule has 4 atom stereocenters. The summed E-state index contributed by atoms with van der Waals surface area (Å²) in [6.07, 6.45) is 7.44. The van der Waals surface area contributed by atoms with Crippen molar-refractivity contribution in [2.24, 2.45) is 17.8 Å². The van der Waals surface area contributed by atoms with Crippen molar-refractivity contribution < 1.29 is 0 Å². The number of halogens is 1. The van der Waals surface area contributed by atoms with E-state index in [1.165, 1.54) is 25.7 Å². The number of fused-ring (bicyclic) bond motifs is 2. The van der Waals surface area contributed by atoms with Crippen LogP contribution in [0.2, 0.25) is 5.02 Å². The summed E-state index contributed by atoms with van der Waals surface area (Å²) in [6, 6.07) is 4.42. The maximum absolute atomic E-state index is 5.90. The molecule has 1 heterocycles. The van der Waals surface area contributed by atoms with Gasteiger partial charge in [-0.3, -0.25) is 4.98 Å². The molecule has 92 valence electrons. The van der Waals surface area contributed by atoms with Crippen LogP contribution in [0.4, 0.5) is 0 Å². The molecule has 0 aromatic carbocycles. The maximum atomic E-state index is 5.90. The first kappa shape index (κ1) is 11.5. The molecule has 2 bridgehead atoms. The van der Waals surface area contributed by atoms with E-state index in [-0.39, 0.29) is 0 Å². The van der Waals surface area contributed by atoms with Gasteiger partial charge in [0.25, 0.3) is 0 Å². The summed E-state index contributed by atoms with van der Waals surface area (Å²) in [6.45, 7) is 0. The second-order valence-electron chi connectivity index (χ2n) is 5.51. The first-order valence-corrected chi connectivity index (χ1v) is 6.94. The van der Waals surface area contributed by atoms with E-state index in [1.807, 2.05) is 13.1 Å². The number of hydrogen-bond acceptors (Lipinski definition) is 2. The zero-order chi connectivity index (χ0) is 11.8. The Hall–Kier alpha value is -0.600. The molecule has 2 nitrogen and oxygen atoms in total. The molecule has 2 saturated carbocycles. The van der Waals surface area contributed by atoms with Crippen molar-refractivity contribution in [3.8, 4) is 0 Å². The predicted molar refractivity (Wildman–Crippen MR) is 70.0 cm³/mol. The van der Waals surface area contributed by atoms with Gasteiger partial charge >= 0.3 is 0 Å². The van der Waals surface area contributed by atoms with Crippen molar-refractivity contribution in [1.82, 2.24) is 10.3 Å². The molecule has 17 heavy (non-hydrogen) atoms. The summed E-state index contributed by atoms with van der Waals surface area (Å²) in [7, 11) is 2.05. The van der Waals surface area contributed by atoms with E-state index in [9.17, 15) is 0 Å². The lowest BCUT2D eigenvalue weighted by Crippen LogP contribution is -2.29. The smallest absolute Gasteiger partial charge is 0.0589 e. The summed E-state index contributed by atoms with van der Waals surface area (Å²) in [5, 5.41) is 4.18. The molecule has 2 aliphatic carbocycles. The van der Waals surface area contributed by atoms with Gasteiger partial charge in [0.05, 0.1) is 16.8 Å². The third-order valence-corrected chi connectivity index (χ3v) is 4.82. The molecule has 1 aromatic rings. The third kappa shape index (κ3) is 2.09. The average molecular weight is 251 g/mol. The van der Waals surface area contributed by atoms with Crippen LogP contribution in [0.3, 0.4) is 0 Å². The van der Waals surface area contributed by atoms with Crippen molar-refractivity contribution in [2.45, 2.75) is 31.7 Å². The molecule has 0 amide bonds. The largest absolute Gasteiger partial charge is 0.311 e. The van der Waals surface area contributed by atoms with Crippen LogP contribution in [-0.4, -0.2) is 12.0 Å². The van der Waals surface area contributed by atoms with Gasteiger partial charge in [-0.25, -0.2) is 0 Å². The van der Waals surface area contributed by atoms with Crippen molar-refractivity contribution in [3.63, 3.8) is 0 Å². The van der Waals surface area contributed by atoms with E-state index in [2.05, 4.69) is 16.4 Å². The first-order chi connectivity index (χ1) is 8.28. The number of aromatic nitrogens is 1. The van der Waals surface area contributed by atoms with Crippen LogP contribution in [0.25, 0.3) is 0 Å². The Labute approximate surface area is 108 Å². The second kappa shape index (κ2) is 4.58. The van der Waals surface area contributed by atoms with Crippen molar-refractivity contribution in [2.75, 3.05) is 7.05 Å². The normalized spacial score (nSPS) is 32.9. The summed E-state index contributed by atoms with van der Waals surface area (Å²) in [5.41, 5.74) is 1.15. The van der Waals surface area contributed by atoms with Crippen LogP contribution < -0.4 is 5.32 Å². The van der Waals surface area contributed by atoms with Crippen LogP contribution in [0, 0.1) is 17.8 Å². The molecular formula is C14H19ClN2. The SMILES string of the molecule is CNC(c1ccc(Cl)cn1)C1CC2CCC1C2. The standard InChI is InChI=1S/C14H19ClN2/c1-16-14(13-5-4-11(15)8-17-13)12-7-9-2-3-10(12)6-9/h4-5,8-10,12,14,16H,2-3,6-7H2,1H3. The van der Waals surface area contributed by atoms with E-state index in [1.54, 1.807) is 6.20 Å². The quantitative estimate of drug-likeness (QED) is 0.889. The van der Waals surface area contributed by atoms with E-state index < -0.39 is 0 Å². The lowest BCUT2D eigenvalue weighted by atomic mass is 9.82. The monoisotopic (exact) mass is 250 g/mol. The Morgan fingerprint density at radius 3 is 2.76 bits per heavy atom. The zero-order valence-electron chi connectivity index (χ0n) is 10.2. The second-order valence-corrected chi connectivity index (χ2v) is 5.94. The molecule has 1 aromatic heterocycles. The Balaban J connectivity index is 1.81. The highest BCUT2D eigenvalue weighted by Crippen LogP contribution is 2.52. The van der Waals surface area contributed by atoms with Crippen LogP contribution in [0.1, 0.15) is 37.4 Å². The van der Waals surface area contributed by atoms with Gasteiger partial charge in [-0.15, -0.1) is 0 Å². The Morgan fingerprint density at radius 1 is 1.35 bits per heavy atom. The van der Waals surface area contributed by atoms with Gasteiger partial charge in [-0.1, -0.05) is 18.0 Å². The summed E-state index contributed by atoms with van der Waals surface area (Å²) in [5.74, 6) is 2.66. The fourth-order valence-electron chi connectivity index (χ4n) is 3.85. The van der Waals surface area contributed by atoms with Gasteiger partial charge in [0.15, 0.2) is 0 Å². The summed E-state index contributed by atoms with van der Waals surface area (Å²) < 4.78 is 0. The Kier molecular flexibility index (Phi) is 3.10. The van der Waals surface area contributed by atoms with Crippen molar-refractivity contribution >= 4 is 11.6 Å². The molecule has 2 fully saturated rings. The van der Waals surface area contributed by atoms with Gasteiger partial charge < -0.3 is 5.32 Å². The number of pyridine rings is 1. The predicted octanol–water partition coefficient (Wildman–Crippen LogP) is 3.43. The maximum Gasteiger partial charge on any atom is 0.0589 e. The highest BCUT2D eigenvalue weighted by atomic mass is 35.5. The molecule has 0 spiro atoms. The lowest BCUT2D eigenvalue weighted by Gasteiger charge is -2.29.